The third kappa shape index (κ3) is 4.85. The summed E-state index contributed by atoms with van der Waals surface area (Å²) in [6, 6.07) is 1.39. The lowest BCUT2D eigenvalue weighted by Gasteiger charge is -2.18. The number of rotatable bonds is 7. The maximum Gasteiger partial charge on any atom is 0.211 e. The van der Waals surface area contributed by atoms with E-state index in [1.54, 1.807) is 0 Å². The maximum atomic E-state index is 5.41. The Labute approximate surface area is 197 Å². The molecule has 2 aromatic heterocycles. The van der Waals surface area contributed by atoms with E-state index in [4.69, 9.17) is 9.53 Å². The number of hydrogen-bond donors (Lipinski definition) is 0. The standard InChI is InChI=1S/C25H47N6P/c1-15(2)28-20(11)21(12)29(16(3)4)24(28)26-32(19(9)10)27-25-30(17(5)6)22(13)23(14)31(25)18(7)8/h15-19H,1-14H3. The van der Waals surface area contributed by atoms with Gasteiger partial charge >= 0.3 is 0 Å². The molecule has 0 saturated heterocycles. The average molecular weight is 463 g/mol. The number of aromatic nitrogens is 4. The highest BCUT2D eigenvalue weighted by molar-refractivity contribution is 7.55. The molecule has 0 aliphatic rings. The fourth-order valence-corrected chi connectivity index (χ4v) is 5.89. The largest absolute Gasteiger partial charge is 0.312 e. The van der Waals surface area contributed by atoms with E-state index in [1.165, 1.54) is 22.8 Å². The molecule has 182 valence electrons. The third-order valence-electron chi connectivity index (χ3n) is 6.27. The van der Waals surface area contributed by atoms with Crippen molar-refractivity contribution in [2.45, 2.75) is 127 Å². The molecular formula is C25H47N6P. The molecule has 2 rings (SSSR count). The van der Waals surface area contributed by atoms with Crippen molar-refractivity contribution in [3.8, 4) is 0 Å². The monoisotopic (exact) mass is 462 g/mol. The Kier molecular flexibility index (Phi) is 8.47. The molecule has 0 aliphatic carbocycles. The summed E-state index contributed by atoms with van der Waals surface area (Å²) in [7, 11) is -0.968. The highest BCUT2D eigenvalue weighted by atomic mass is 31.1. The zero-order valence-corrected chi connectivity index (χ0v) is 23.9. The molecule has 0 N–H and O–H groups in total. The predicted octanol–water partition coefficient (Wildman–Crippen LogP) is 6.67. The topological polar surface area (TPSA) is 44.4 Å². The van der Waals surface area contributed by atoms with Crippen molar-refractivity contribution >= 4 is 8.22 Å². The van der Waals surface area contributed by atoms with Gasteiger partial charge in [-0.25, -0.2) is 9.53 Å². The SMILES string of the molecule is Cc1c(C)n(C(C)C)c(=NP(N=c2n(C(C)C)c(C)c(C)n2C(C)C)C(C)C)n1C(C)C. The second-order valence-electron chi connectivity index (χ2n) is 10.4. The molecule has 0 radical (unpaired) electrons. The summed E-state index contributed by atoms with van der Waals surface area (Å²) in [6.45, 7) is 31.3. The zero-order valence-electron chi connectivity index (χ0n) is 23.0. The lowest BCUT2D eigenvalue weighted by atomic mass is 10.3. The summed E-state index contributed by atoms with van der Waals surface area (Å²) in [5, 5.41) is 0. The van der Waals surface area contributed by atoms with Crippen LogP contribution in [0.4, 0.5) is 0 Å². The van der Waals surface area contributed by atoms with Gasteiger partial charge in [-0.2, -0.15) is 0 Å². The molecule has 0 amide bonds. The van der Waals surface area contributed by atoms with Crippen LogP contribution in [-0.2, 0) is 0 Å². The van der Waals surface area contributed by atoms with Gasteiger partial charge in [0.25, 0.3) is 0 Å². The van der Waals surface area contributed by atoms with Gasteiger partial charge in [0.05, 0.1) is 0 Å². The van der Waals surface area contributed by atoms with Crippen LogP contribution in [0.3, 0.4) is 0 Å². The van der Waals surface area contributed by atoms with Gasteiger partial charge in [-0.05, 0) is 83.1 Å². The van der Waals surface area contributed by atoms with E-state index in [0.29, 0.717) is 29.8 Å². The molecule has 0 atom stereocenters. The summed E-state index contributed by atoms with van der Waals surface area (Å²) >= 11 is 0. The van der Waals surface area contributed by atoms with Crippen molar-refractivity contribution in [1.82, 2.24) is 18.3 Å². The quantitative estimate of drug-likeness (QED) is 0.412. The van der Waals surface area contributed by atoms with Crippen molar-refractivity contribution in [3.05, 3.63) is 34.0 Å². The molecule has 7 heteroatoms. The zero-order chi connectivity index (χ0) is 24.7. The summed E-state index contributed by atoms with van der Waals surface area (Å²) in [5.41, 5.74) is 7.63. The van der Waals surface area contributed by atoms with Gasteiger partial charge in [0.2, 0.25) is 11.2 Å². The smallest absolute Gasteiger partial charge is 0.211 e. The normalized spacial score (nSPS) is 12.5. The fraction of sp³-hybridized carbons (Fsp3) is 0.760. The summed E-state index contributed by atoms with van der Waals surface area (Å²) in [5.74, 6) is 0. The molecule has 0 fully saturated rings. The molecule has 0 spiro atoms. The second kappa shape index (κ2) is 10.2. The van der Waals surface area contributed by atoms with Gasteiger partial charge in [-0.1, -0.05) is 13.8 Å². The van der Waals surface area contributed by atoms with Crippen LogP contribution in [0, 0.1) is 27.7 Å². The van der Waals surface area contributed by atoms with Crippen LogP contribution in [-0.4, -0.2) is 23.9 Å². The Bertz CT molecular complexity index is 918. The van der Waals surface area contributed by atoms with Crippen molar-refractivity contribution < 1.29 is 0 Å². The molecule has 0 unspecified atom stereocenters. The molecule has 0 aliphatic heterocycles. The molecule has 0 aromatic carbocycles. The molecule has 0 saturated carbocycles. The van der Waals surface area contributed by atoms with Gasteiger partial charge in [0.1, 0.15) is 8.22 Å². The minimum absolute atomic E-state index is 0.346. The molecule has 2 aromatic rings. The number of hydrogen-bond acceptors (Lipinski definition) is 2. The van der Waals surface area contributed by atoms with Gasteiger partial charge in [0, 0.05) is 52.6 Å². The lowest BCUT2D eigenvalue weighted by molar-refractivity contribution is 0.503. The van der Waals surface area contributed by atoms with E-state index < -0.39 is 8.22 Å². The summed E-state index contributed by atoms with van der Waals surface area (Å²) in [4.78, 5) is 0. The molecule has 32 heavy (non-hydrogen) atoms. The first-order chi connectivity index (χ1) is 14.7. The lowest BCUT2D eigenvalue weighted by Crippen LogP contribution is -2.30. The van der Waals surface area contributed by atoms with Gasteiger partial charge < -0.3 is 18.3 Å². The Morgan fingerprint density at radius 1 is 0.469 bits per heavy atom. The van der Waals surface area contributed by atoms with Crippen LogP contribution < -0.4 is 11.2 Å². The molecule has 0 bridgehead atoms. The van der Waals surface area contributed by atoms with Gasteiger partial charge in [0.15, 0.2) is 0 Å². The molecular weight excluding hydrogens is 415 g/mol. The molecule has 2 heterocycles. The van der Waals surface area contributed by atoms with E-state index >= 15 is 0 Å². The maximum absolute atomic E-state index is 5.41. The fourth-order valence-electron chi connectivity index (χ4n) is 4.63. The van der Waals surface area contributed by atoms with Crippen molar-refractivity contribution in [3.63, 3.8) is 0 Å². The highest BCUT2D eigenvalue weighted by Crippen LogP contribution is 2.43. The van der Waals surface area contributed by atoms with Crippen LogP contribution in [0.5, 0.6) is 0 Å². The van der Waals surface area contributed by atoms with Crippen molar-refractivity contribution in [1.29, 1.82) is 0 Å². The Morgan fingerprint density at radius 2 is 0.688 bits per heavy atom. The first kappa shape index (κ1) is 26.7. The Hall–Kier alpha value is -1.55. The Balaban J connectivity index is 2.98. The predicted molar refractivity (Wildman–Crippen MR) is 139 cm³/mol. The van der Waals surface area contributed by atoms with E-state index in [1.807, 2.05) is 0 Å². The summed E-state index contributed by atoms with van der Waals surface area (Å²) in [6.07, 6.45) is 0. The summed E-state index contributed by atoms with van der Waals surface area (Å²) < 4.78 is 20.4. The first-order valence-corrected chi connectivity index (χ1v) is 13.5. The second-order valence-corrected chi connectivity index (χ2v) is 12.5. The minimum atomic E-state index is -0.968. The minimum Gasteiger partial charge on any atom is -0.312 e. The van der Waals surface area contributed by atoms with Crippen LogP contribution in [0.2, 0.25) is 0 Å². The number of imidazole rings is 2. The van der Waals surface area contributed by atoms with E-state index in [-0.39, 0.29) is 0 Å². The van der Waals surface area contributed by atoms with E-state index in [9.17, 15) is 0 Å². The van der Waals surface area contributed by atoms with Crippen LogP contribution in [0.1, 0.15) is 116 Å². The van der Waals surface area contributed by atoms with Crippen LogP contribution in [0.25, 0.3) is 0 Å². The van der Waals surface area contributed by atoms with Crippen molar-refractivity contribution in [2.24, 2.45) is 9.53 Å². The van der Waals surface area contributed by atoms with E-state index in [2.05, 4.69) is 115 Å². The average Bonchev–Trinajstić information content (AvgIpc) is 3.05. The van der Waals surface area contributed by atoms with Crippen LogP contribution >= 0.6 is 8.22 Å². The van der Waals surface area contributed by atoms with Crippen molar-refractivity contribution in [2.75, 3.05) is 0 Å². The highest BCUT2D eigenvalue weighted by Gasteiger charge is 2.22. The first-order valence-electron chi connectivity index (χ1n) is 12.2. The number of nitrogens with zero attached hydrogens (tertiary/aromatic N) is 6. The third-order valence-corrected chi connectivity index (χ3v) is 7.96. The van der Waals surface area contributed by atoms with Gasteiger partial charge in [-0.15, -0.1) is 0 Å². The van der Waals surface area contributed by atoms with Gasteiger partial charge in [-0.3, -0.25) is 0 Å². The van der Waals surface area contributed by atoms with Crippen LogP contribution in [0.15, 0.2) is 9.53 Å². The Morgan fingerprint density at radius 3 is 0.844 bits per heavy atom. The molecule has 6 nitrogen and oxygen atoms in total. The van der Waals surface area contributed by atoms with E-state index in [0.717, 1.165) is 11.2 Å².